The lowest BCUT2D eigenvalue weighted by Gasteiger charge is -1.92. The van der Waals surface area contributed by atoms with Crippen LogP contribution < -0.4 is 0 Å². The molecule has 44 valence electrons. The molecule has 0 aromatic rings. The molecule has 0 aliphatic rings. The molecule has 0 radical (unpaired) electrons. The Morgan fingerprint density at radius 3 is 2.12 bits per heavy atom. The standard InChI is InChI=1S/C7H11N/c1-4-6(2)7(3)5-8/h4H2,1-3H3/b7-6+. The first kappa shape index (κ1) is 7.23. The second-order valence-electron chi connectivity index (χ2n) is 1.87. The zero-order chi connectivity index (χ0) is 6.57. The van der Waals surface area contributed by atoms with Crippen LogP contribution in [0, 0.1) is 11.3 Å². The zero-order valence-corrected chi connectivity index (χ0v) is 5.65. The van der Waals surface area contributed by atoms with Crippen LogP contribution in [0.4, 0.5) is 0 Å². The Morgan fingerprint density at radius 2 is 2.00 bits per heavy atom. The summed E-state index contributed by atoms with van der Waals surface area (Å²) in [6, 6.07) is 2.10. The van der Waals surface area contributed by atoms with Crippen molar-refractivity contribution in [1.82, 2.24) is 0 Å². The first-order chi connectivity index (χ1) is 3.72. The van der Waals surface area contributed by atoms with Crippen molar-refractivity contribution in [3.05, 3.63) is 11.1 Å². The lowest BCUT2D eigenvalue weighted by molar-refractivity contribution is 1.07. The van der Waals surface area contributed by atoms with Crippen LogP contribution >= 0.6 is 0 Å². The Bertz CT molecular complexity index is 137. The monoisotopic (exact) mass is 109 g/mol. The van der Waals surface area contributed by atoms with Gasteiger partial charge in [-0.1, -0.05) is 12.5 Å². The van der Waals surface area contributed by atoms with Crippen molar-refractivity contribution in [2.75, 3.05) is 0 Å². The van der Waals surface area contributed by atoms with E-state index in [1.54, 1.807) is 0 Å². The number of allylic oxidation sites excluding steroid dienone is 2. The van der Waals surface area contributed by atoms with E-state index in [1.165, 1.54) is 5.57 Å². The highest BCUT2D eigenvalue weighted by atomic mass is 14.2. The number of nitriles is 1. The van der Waals surface area contributed by atoms with E-state index < -0.39 is 0 Å². The molecule has 0 aliphatic heterocycles. The predicted molar refractivity (Wildman–Crippen MR) is 34.3 cm³/mol. The molecule has 0 N–H and O–H groups in total. The normalized spacial score (nSPS) is 12.2. The fourth-order valence-corrected chi connectivity index (χ4v) is 0.361. The molecule has 0 aromatic carbocycles. The van der Waals surface area contributed by atoms with Crippen molar-refractivity contribution >= 4 is 0 Å². The average Bonchev–Trinajstić information content (AvgIpc) is 1.84. The Hall–Kier alpha value is -0.770. The third kappa shape index (κ3) is 1.79. The lowest BCUT2D eigenvalue weighted by atomic mass is 10.1. The summed E-state index contributed by atoms with van der Waals surface area (Å²) in [7, 11) is 0. The molecule has 8 heavy (non-hydrogen) atoms. The number of nitrogens with zero attached hydrogens (tertiary/aromatic N) is 1. The fraction of sp³-hybridized carbons (Fsp3) is 0.571. The van der Waals surface area contributed by atoms with E-state index in [0.29, 0.717) is 0 Å². The molecule has 0 saturated heterocycles. The van der Waals surface area contributed by atoms with E-state index in [4.69, 9.17) is 5.26 Å². The molecular weight excluding hydrogens is 98.1 g/mol. The van der Waals surface area contributed by atoms with Gasteiger partial charge in [0.05, 0.1) is 6.07 Å². The first-order valence-electron chi connectivity index (χ1n) is 2.78. The molecule has 1 heteroatoms. The molecule has 0 fully saturated rings. The quantitative estimate of drug-likeness (QED) is 0.474. The van der Waals surface area contributed by atoms with Gasteiger partial charge in [-0.2, -0.15) is 5.26 Å². The van der Waals surface area contributed by atoms with Gasteiger partial charge in [0.25, 0.3) is 0 Å². The van der Waals surface area contributed by atoms with Crippen molar-refractivity contribution < 1.29 is 0 Å². The van der Waals surface area contributed by atoms with Crippen LogP contribution in [0.25, 0.3) is 0 Å². The van der Waals surface area contributed by atoms with Crippen LogP contribution in [0.2, 0.25) is 0 Å². The largest absolute Gasteiger partial charge is 0.193 e. The van der Waals surface area contributed by atoms with Gasteiger partial charge in [-0.05, 0) is 20.3 Å². The van der Waals surface area contributed by atoms with E-state index in [0.717, 1.165) is 12.0 Å². The molecule has 0 aliphatic carbocycles. The van der Waals surface area contributed by atoms with Crippen LogP contribution in [-0.2, 0) is 0 Å². The maximum atomic E-state index is 8.33. The average molecular weight is 109 g/mol. The van der Waals surface area contributed by atoms with Gasteiger partial charge >= 0.3 is 0 Å². The summed E-state index contributed by atoms with van der Waals surface area (Å²) in [6.07, 6.45) is 0.986. The van der Waals surface area contributed by atoms with Gasteiger partial charge in [0.15, 0.2) is 0 Å². The second-order valence-corrected chi connectivity index (χ2v) is 1.87. The third-order valence-corrected chi connectivity index (χ3v) is 1.34. The Morgan fingerprint density at radius 1 is 1.50 bits per heavy atom. The minimum atomic E-state index is 0.854. The summed E-state index contributed by atoms with van der Waals surface area (Å²) in [6.45, 7) is 5.88. The molecule has 0 unspecified atom stereocenters. The topological polar surface area (TPSA) is 23.8 Å². The SMILES string of the molecule is CC/C(C)=C(\C)C#N. The summed E-state index contributed by atoms with van der Waals surface area (Å²) < 4.78 is 0. The van der Waals surface area contributed by atoms with E-state index in [1.807, 2.05) is 13.8 Å². The first-order valence-corrected chi connectivity index (χ1v) is 2.78. The van der Waals surface area contributed by atoms with Gasteiger partial charge in [0, 0.05) is 5.57 Å². The van der Waals surface area contributed by atoms with Crippen molar-refractivity contribution in [2.24, 2.45) is 0 Å². The third-order valence-electron chi connectivity index (χ3n) is 1.34. The summed E-state index contributed by atoms with van der Waals surface area (Å²) >= 11 is 0. The molecule has 0 amide bonds. The molecule has 0 saturated carbocycles. The van der Waals surface area contributed by atoms with E-state index in [-0.39, 0.29) is 0 Å². The van der Waals surface area contributed by atoms with Crippen molar-refractivity contribution in [1.29, 1.82) is 5.26 Å². The molecule has 0 aromatic heterocycles. The molecule has 0 rings (SSSR count). The van der Waals surface area contributed by atoms with Crippen molar-refractivity contribution in [3.63, 3.8) is 0 Å². The maximum absolute atomic E-state index is 8.33. The van der Waals surface area contributed by atoms with Gasteiger partial charge in [0.1, 0.15) is 0 Å². The molecule has 0 bridgehead atoms. The molecule has 1 nitrogen and oxygen atoms in total. The highest BCUT2D eigenvalue weighted by Gasteiger charge is 1.88. The molecular formula is C7H11N. The highest BCUT2D eigenvalue weighted by molar-refractivity contribution is 5.23. The summed E-state index contributed by atoms with van der Waals surface area (Å²) in [5.74, 6) is 0. The fourth-order valence-electron chi connectivity index (χ4n) is 0.361. The van der Waals surface area contributed by atoms with Crippen LogP contribution in [0.5, 0.6) is 0 Å². The Balaban J connectivity index is 4.10. The predicted octanol–water partition coefficient (Wildman–Crippen LogP) is 2.26. The molecule has 0 spiro atoms. The second kappa shape index (κ2) is 3.26. The van der Waals surface area contributed by atoms with Crippen LogP contribution in [-0.4, -0.2) is 0 Å². The van der Waals surface area contributed by atoms with Gasteiger partial charge in [0.2, 0.25) is 0 Å². The van der Waals surface area contributed by atoms with Gasteiger partial charge in [-0.15, -0.1) is 0 Å². The minimum Gasteiger partial charge on any atom is -0.193 e. The van der Waals surface area contributed by atoms with E-state index in [2.05, 4.69) is 13.0 Å². The summed E-state index contributed by atoms with van der Waals surface area (Å²) in [5, 5.41) is 8.33. The van der Waals surface area contributed by atoms with Gasteiger partial charge in [-0.3, -0.25) is 0 Å². The van der Waals surface area contributed by atoms with Crippen LogP contribution in [0.3, 0.4) is 0 Å². The van der Waals surface area contributed by atoms with E-state index in [9.17, 15) is 0 Å². The number of hydrogen-bond donors (Lipinski definition) is 0. The highest BCUT2D eigenvalue weighted by Crippen LogP contribution is 2.04. The lowest BCUT2D eigenvalue weighted by Crippen LogP contribution is -1.76. The number of rotatable bonds is 1. The van der Waals surface area contributed by atoms with Crippen LogP contribution in [0.15, 0.2) is 11.1 Å². The Labute approximate surface area is 50.6 Å². The summed E-state index contributed by atoms with van der Waals surface area (Å²) in [5.41, 5.74) is 2.04. The zero-order valence-electron chi connectivity index (χ0n) is 5.65. The maximum Gasteiger partial charge on any atom is 0.0943 e. The van der Waals surface area contributed by atoms with Crippen LogP contribution in [0.1, 0.15) is 27.2 Å². The smallest absolute Gasteiger partial charge is 0.0943 e. The van der Waals surface area contributed by atoms with Crippen molar-refractivity contribution in [2.45, 2.75) is 27.2 Å². The van der Waals surface area contributed by atoms with Gasteiger partial charge < -0.3 is 0 Å². The minimum absolute atomic E-state index is 0.854. The Kier molecular flexibility index (Phi) is 2.95. The number of hydrogen-bond acceptors (Lipinski definition) is 1. The summed E-state index contributed by atoms with van der Waals surface area (Å²) in [4.78, 5) is 0. The van der Waals surface area contributed by atoms with Gasteiger partial charge in [-0.25, -0.2) is 0 Å². The molecule has 0 atom stereocenters. The van der Waals surface area contributed by atoms with Crippen molar-refractivity contribution in [3.8, 4) is 6.07 Å². The van der Waals surface area contributed by atoms with E-state index >= 15 is 0 Å². The molecule has 0 heterocycles.